The fourth-order valence-electron chi connectivity index (χ4n) is 4.39. The second-order valence-corrected chi connectivity index (χ2v) is 9.40. The topological polar surface area (TPSA) is 101 Å². The monoisotopic (exact) mass is 465 g/mol. The molecule has 2 fully saturated rings. The molecular weight excluding hydrogens is 438 g/mol. The molecule has 1 aromatic carbocycles. The van der Waals surface area contributed by atoms with E-state index in [1.807, 2.05) is 0 Å². The van der Waals surface area contributed by atoms with Crippen LogP contribution in [0.4, 0.5) is 0 Å². The van der Waals surface area contributed by atoms with Gasteiger partial charge in [-0.2, -0.15) is 12.6 Å². The fraction of sp³-hybridized carbons (Fsp3) is 0.545. The Morgan fingerprint density at radius 1 is 1.19 bits per heavy atom. The van der Waals surface area contributed by atoms with Crippen molar-refractivity contribution in [3.8, 4) is 0 Å². The maximum atomic E-state index is 13.6. The quantitative estimate of drug-likeness (QED) is 0.276. The third-order valence-electron chi connectivity index (χ3n) is 5.87. The number of thiol groups is 1. The lowest BCUT2D eigenvalue weighted by Crippen LogP contribution is -2.53. The van der Waals surface area contributed by atoms with Crippen molar-refractivity contribution >= 4 is 48.0 Å². The number of thioether (sulfide) groups is 1. The lowest BCUT2D eigenvalue weighted by molar-refractivity contribution is -0.156. The van der Waals surface area contributed by atoms with Gasteiger partial charge in [0.25, 0.3) is 0 Å². The van der Waals surface area contributed by atoms with Crippen LogP contribution in [-0.2, 0) is 19.1 Å². The van der Waals surface area contributed by atoms with Crippen LogP contribution in [0.3, 0.4) is 0 Å². The van der Waals surface area contributed by atoms with Crippen LogP contribution in [0.25, 0.3) is 0 Å². The molecule has 168 valence electrons. The summed E-state index contributed by atoms with van der Waals surface area (Å²) < 4.78 is 5.52. The number of esters is 1. The van der Waals surface area contributed by atoms with Crippen LogP contribution < -0.4 is 0 Å². The molecule has 3 rings (SSSR count). The van der Waals surface area contributed by atoms with Gasteiger partial charge in [0.2, 0.25) is 5.91 Å². The minimum atomic E-state index is -1.10. The summed E-state index contributed by atoms with van der Waals surface area (Å²) in [5.74, 6) is -3.45. The highest BCUT2D eigenvalue weighted by Crippen LogP contribution is 2.42. The first-order valence-electron chi connectivity index (χ1n) is 10.4. The van der Waals surface area contributed by atoms with Gasteiger partial charge in [-0.05, 0) is 19.3 Å². The van der Waals surface area contributed by atoms with Gasteiger partial charge in [0, 0.05) is 29.9 Å². The summed E-state index contributed by atoms with van der Waals surface area (Å²) in [6, 6.07) is 7.44. The first kappa shape index (κ1) is 23.7. The number of carbonyl (C=O) groups excluding carboxylic acids is 3. The van der Waals surface area contributed by atoms with Crippen molar-refractivity contribution in [1.29, 1.82) is 0 Å². The van der Waals surface area contributed by atoms with E-state index in [0.29, 0.717) is 12.0 Å². The number of carbonyl (C=O) groups is 4. The van der Waals surface area contributed by atoms with Gasteiger partial charge in [-0.1, -0.05) is 36.8 Å². The molecule has 1 N–H and O–H groups in total. The van der Waals surface area contributed by atoms with E-state index in [2.05, 4.69) is 12.6 Å². The number of carboxylic acids is 1. The first-order chi connectivity index (χ1) is 14.8. The summed E-state index contributed by atoms with van der Waals surface area (Å²) >= 11 is 5.63. The Labute approximate surface area is 191 Å². The Kier molecular flexibility index (Phi) is 8.05. The molecule has 0 bridgehead atoms. The molecule has 0 spiro atoms. The van der Waals surface area contributed by atoms with E-state index in [1.54, 1.807) is 30.3 Å². The molecular formula is C22H27NO6S2. The highest BCUT2D eigenvalue weighted by molar-refractivity contribution is 8.00. The van der Waals surface area contributed by atoms with Crippen molar-refractivity contribution in [3.05, 3.63) is 35.9 Å². The summed E-state index contributed by atoms with van der Waals surface area (Å²) in [7, 11) is 0. The summed E-state index contributed by atoms with van der Waals surface area (Å²) in [5, 5.41) is 9.31. The van der Waals surface area contributed by atoms with E-state index < -0.39 is 29.2 Å². The zero-order valence-corrected chi connectivity index (χ0v) is 19.0. The second kappa shape index (κ2) is 10.5. The lowest BCUT2D eigenvalue weighted by Gasteiger charge is -2.39. The van der Waals surface area contributed by atoms with Crippen molar-refractivity contribution in [2.24, 2.45) is 11.8 Å². The van der Waals surface area contributed by atoms with E-state index in [4.69, 9.17) is 4.74 Å². The van der Waals surface area contributed by atoms with Crippen molar-refractivity contribution < 1.29 is 29.0 Å². The van der Waals surface area contributed by atoms with Crippen molar-refractivity contribution in [1.82, 2.24) is 4.90 Å². The van der Waals surface area contributed by atoms with Crippen LogP contribution in [0, 0.1) is 11.8 Å². The zero-order chi connectivity index (χ0) is 22.5. The number of carboxylic acid groups (broad SMARTS) is 1. The molecule has 0 radical (unpaired) electrons. The van der Waals surface area contributed by atoms with E-state index in [1.165, 1.54) is 23.6 Å². The molecule has 1 heterocycles. The van der Waals surface area contributed by atoms with Crippen molar-refractivity contribution in [2.75, 3.05) is 11.5 Å². The molecule has 1 aliphatic heterocycles. The molecule has 9 heteroatoms. The number of rotatable bonds is 7. The number of hydrogen-bond acceptors (Lipinski definition) is 7. The van der Waals surface area contributed by atoms with E-state index in [9.17, 15) is 24.3 Å². The number of Topliss-reactive ketones (excluding diaryl/α,β-unsaturated/α-hetero) is 1. The smallest absolute Gasteiger partial charge is 0.327 e. The minimum Gasteiger partial charge on any atom is -0.480 e. The largest absolute Gasteiger partial charge is 0.480 e. The zero-order valence-electron chi connectivity index (χ0n) is 17.3. The molecule has 3 unspecified atom stereocenters. The molecule has 1 saturated carbocycles. The molecule has 2 aliphatic rings. The Hall–Kier alpha value is -2.00. The second-order valence-electron chi connectivity index (χ2n) is 7.89. The maximum absolute atomic E-state index is 13.6. The Bertz CT molecular complexity index is 833. The number of hydrogen-bond donors (Lipinski definition) is 2. The van der Waals surface area contributed by atoms with Crippen LogP contribution in [-0.4, -0.2) is 62.7 Å². The summed E-state index contributed by atoms with van der Waals surface area (Å²) in [5.41, 5.74) is 0.389. The van der Waals surface area contributed by atoms with Gasteiger partial charge < -0.3 is 14.7 Å². The van der Waals surface area contributed by atoms with Crippen LogP contribution in [0.1, 0.15) is 43.0 Å². The van der Waals surface area contributed by atoms with Crippen LogP contribution in [0.5, 0.6) is 0 Å². The number of amides is 1. The van der Waals surface area contributed by atoms with Gasteiger partial charge >= 0.3 is 11.9 Å². The van der Waals surface area contributed by atoms with Crippen molar-refractivity contribution in [3.63, 3.8) is 0 Å². The van der Waals surface area contributed by atoms with E-state index in [-0.39, 0.29) is 35.3 Å². The molecule has 1 amide bonds. The highest BCUT2D eigenvalue weighted by atomic mass is 32.2. The highest BCUT2D eigenvalue weighted by Gasteiger charge is 2.50. The Balaban J connectivity index is 1.90. The van der Waals surface area contributed by atoms with Crippen LogP contribution >= 0.6 is 24.4 Å². The number of ketones is 1. The molecule has 5 atom stereocenters. The van der Waals surface area contributed by atoms with Gasteiger partial charge in [0.1, 0.15) is 18.1 Å². The van der Waals surface area contributed by atoms with Gasteiger partial charge in [-0.15, -0.1) is 11.8 Å². The van der Waals surface area contributed by atoms with Gasteiger partial charge in [0.15, 0.2) is 5.78 Å². The third-order valence-corrected chi connectivity index (χ3v) is 7.66. The molecule has 1 saturated heterocycles. The molecule has 1 aromatic rings. The number of ether oxygens (including phenoxy) is 1. The molecule has 7 nitrogen and oxygen atoms in total. The Morgan fingerprint density at radius 3 is 2.48 bits per heavy atom. The SMILES string of the molecule is CC(=O)OC1CCCCC1C1SC[C@@H](C(=O)O)N1C(=O)[C@@H](CS)C(=O)c1ccccc1. The Morgan fingerprint density at radius 2 is 1.87 bits per heavy atom. The van der Waals surface area contributed by atoms with Gasteiger partial charge in [0.05, 0.1) is 5.37 Å². The normalized spacial score (nSPS) is 26.8. The maximum Gasteiger partial charge on any atom is 0.327 e. The van der Waals surface area contributed by atoms with Crippen LogP contribution in [0.15, 0.2) is 30.3 Å². The van der Waals surface area contributed by atoms with Crippen LogP contribution in [0.2, 0.25) is 0 Å². The number of benzene rings is 1. The summed E-state index contributed by atoms with van der Waals surface area (Å²) in [4.78, 5) is 51.5. The summed E-state index contributed by atoms with van der Waals surface area (Å²) in [6.45, 7) is 1.35. The average molecular weight is 466 g/mol. The lowest BCUT2D eigenvalue weighted by atomic mass is 9.85. The predicted octanol–water partition coefficient (Wildman–Crippen LogP) is 2.89. The minimum absolute atomic E-state index is 0.0230. The number of nitrogens with zero attached hydrogens (tertiary/aromatic N) is 1. The first-order valence-corrected chi connectivity index (χ1v) is 12.1. The average Bonchev–Trinajstić information content (AvgIpc) is 3.20. The van der Waals surface area contributed by atoms with Gasteiger partial charge in [-0.25, -0.2) is 4.79 Å². The van der Waals surface area contributed by atoms with E-state index >= 15 is 0 Å². The summed E-state index contributed by atoms with van der Waals surface area (Å²) in [6.07, 6.45) is 2.86. The molecule has 31 heavy (non-hydrogen) atoms. The standard InChI is InChI=1S/C22H27NO6S2/c1-13(24)29-18-10-6-5-9-15(18)21-23(17(12-31-21)22(27)28)20(26)16(11-30)19(25)14-7-3-2-4-8-14/h2-4,7-8,15-18,21,30H,5-6,9-12H2,1H3,(H,27,28)/t15?,16-,17-,18?,21?/m0/s1. The molecule has 1 aliphatic carbocycles. The third kappa shape index (κ3) is 5.26. The van der Waals surface area contributed by atoms with E-state index in [0.717, 1.165) is 19.3 Å². The predicted molar refractivity (Wildman–Crippen MR) is 120 cm³/mol. The van der Waals surface area contributed by atoms with Gasteiger partial charge in [-0.3, -0.25) is 14.4 Å². The fourth-order valence-corrected chi connectivity index (χ4v) is 6.37. The number of aliphatic carboxylic acids is 1. The molecule has 0 aromatic heterocycles. The van der Waals surface area contributed by atoms with Crippen molar-refractivity contribution in [2.45, 2.75) is 50.1 Å².